The summed E-state index contributed by atoms with van der Waals surface area (Å²) in [5.74, 6) is 0. The van der Waals surface area contributed by atoms with Gasteiger partial charge in [-0.1, -0.05) is 54.1 Å². The quantitative estimate of drug-likeness (QED) is 0.875. The van der Waals surface area contributed by atoms with Crippen molar-refractivity contribution in [2.24, 2.45) is 0 Å². The molecular weight excluding hydrogens is 256 g/mol. The normalized spacial score (nSPS) is 26.5. The molecule has 2 atom stereocenters. The molecule has 19 heavy (non-hydrogen) atoms. The third-order valence-corrected chi connectivity index (χ3v) is 4.17. The van der Waals surface area contributed by atoms with Gasteiger partial charge in [-0.05, 0) is 30.2 Å². The van der Waals surface area contributed by atoms with Gasteiger partial charge in [0.25, 0.3) is 0 Å². The van der Waals surface area contributed by atoms with E-state index in [-0.39, 0.29) is 11.6 Å². The minimum Gasteiger partial charge on any atom is -0.296 e. The molecule has 1 fully saturated rings. The molecule has 0 radical (unpaired) electrons. The van der Waals surface area contributed by atoms with Crippen molar-refractivity contribution in [3.8, 4) is 0 Å². The molecule has 2 nitrogen and oxygen atoms in total. The summed E-state index contributed by atoms with van der Waals surface area (Å²) in [5, 5.41) is 7.87. The van der Waals surface area contributed by atoms with Crippen molar-refractivity contribution in [3.05, 3.63) is 70.7 Å². The van der Waals surface area contributed by atoms with Gasteiger partial charge in [0.05, 0.1) is 11.6 Å². The second kappa shape index (κ2) is 4.97. The molecule has 1 aliphatic heterocycles. The Hall–Kier alpha value is -1.35. The molecule has 2 aromatic rings. The van der Waals surface area contributed by atoms with Gasteiger partial charge in [-0.2, -0.15) is 0 Å². The van der Waals surface area contributed by atoms with Gasteiger partial charge in [0.15, 0.2) is 0 Å². The Morgan fingerprint density at radius 3 is 2.42 bits per heavy atom. The Morgan fingerprint density at radius 2 is 1.74 bits per heavy atom. The molecule has 1 saturated heterocycles. The Kier molecular flexibility index (Phi) is 3.31. The molecule has 98 valence electrons. The van der Waals surface area contributed by atoms with Crippen molar-refractivity contribution in [1.82, 2.24) is 10.6 Å². The molecule has 2 N–H and O–H groups in total. The smallest absolute Gasteiger partial charge is 0.0613 e. The van der Waals surface area contributed by atoms with Crippen LogP contribution in [0.2, 0.25) is 5.02 Å². The van der Waals surface area contributed by atoms with Crippen LogP contribution in [-0.4, -0.2) is 6.67 Å². The Labute approximate surface area is 118 Å². The SMILES string of the molecule is CC1(c2ccccc2)NCNC1c1ccc(Cl)cc1. The first-order valence-electron chi connectivity index (χ1n) is 6.49. The van der Waals surface area contributed by atoms with E-state index in [4.69, 9.17) is 11.6 Å². The summed E-state index contributed by atoms with van der Waals surface area (Å²) in [4.78, 5) is 0. The topological polar surface area (TPSA) is 24.1 Å². The van der Waals surface area contributed by atoms with E-state index < -0.39 is 0 Å². The fourth-order valence-electron chi connectivity index (χ4n) is 2.80. The molecule has 0 amide bonds. The Morgan fingerprint density at radius 1 is 1.05 bits per heavy atom. The molecule has 2 unspecified atom stereocenters. The molecular formula is C16H17ClN2. The van der Waals surface area contributed by atoms with Crippen LogP contribution in [0.4, 0.5) is 0 Å². The zero-order valence-electron chi connectivity index (χ0n) is 10.9. The molecule has 3 rings (SSSR count). The largest absolute Gasteiger partial charge is 0.296 e. The highest BCUT2D eigenvalue weighted by Crippen LogP contribution is 2.37. The van der Waals surface area contributed by atoms with E-state index in [1.54, 1.807) is 0 Å². The number of rotatable bonds is 2. The monoisotopic (exact) mass is 272 g/mol. The summed E-state index contributed by atoms with van der Waals surface area (Å²) in [6.45, 7) is 3.04. The van der Waals surface area contributed by atoms with Gasteiger partial charge in [0.1, 0.15) is 0 Å². The third kappa shape index (κ3) is 2.27. The number of benzene rings is 2. The zero-order chi connectivity index (χ0) is 13.3. The summed E-state index contributed by atoms with van der Waals surface area (Å²) in [6, 6.07) is 18.9. The predicted molar refractivity (Wildman–Crippen MR) is 79.1 cm³/mol. The van der Waals surface area contributed by atoms with E-state index in [0.29, 0.717) is 0 Å². The highest BCUT2D eigenvalue weighted by molar-refractivity contribution is 6.30. The van der Waals surface area contributed by atoms with Crippen LogP contribution < -0.4 is 10.6 Å². The van der Waals surface area contributed by atoms with Gasteiger partial charge in [0.2, 0.25) is 0 Å². The second-order valence-electron chi connectivity index (χ2n) is 5.11. The highest BCUT2D eigenvalue weighted by atomic mass is 35.5. The van der Waals surface area contributed by atoms with Gasteiger partial charge in [-0.25, -0.2) is 0 Å². The maximum Gasteiger partial charge on any atom is 0.0613 e. The van der Waals surface area contributed by atoms with Crippen molar-refractivity contribution in [1.29, 1.82) is 0 Å². The number of nitrogens with one attached hydrogen (secondary N) is 2. The minimum atomic E-state index is -0.102. The summed E-state index contributed by atoms with van der Waals surface area (Å²) in [7, 11) is 0. The van der Waals surface area contributed by atoms with E-state index in [9.17, 15) is 0 Å². The van der Waals surface area contributed by atoms with E-state index >= 15 is 0 Å². The van der Waals surface area contributed by atoms with E-state index in [0.717, 1.165) is 11.7 Å². The van der Waals surface area contributed by atoms with Gasteiger partial charge >= 0.3 is 0 Å². The Bertz CT molecular complexity index is 553. The number of hydrogen-bond donors (Lipinski definition) is 2. The first-order chi connectivity index (χ1) is 9.20. The van der Waals surface area contributed by atoms with Crippen LogP contribution in [0.5, 0.6) is 0 Å². The lowest BCUT2D eigenvalue weighted by molar-refractivity contribution is 0.375. The molecule has 0 aromatic heterocycles. The summed E-state index contributed by atoms with van der Waals surface area (Å²) < 4.78 is 0. The standard InChI is InChI=1S/C16H17ClN2/c1-16(13-5-3-2-4-6-13)15(18-11-19-16)12-7-9-14(17)10-8-12/h2-10,15,18-19H,11H2,1H3. The molecule has 0 spiro atoms. The fraction of sp³-hybridized carbons (Fsp3) is 0.250. The lowest BCUT2D eigenvalue weighted by atomic mass is 9.82. The lowest BCUT2D eigenvalue weighted by Gasteiger charge is -2.32. The van der Waals surface area contributed by atoms with E-state index in [1.807, 2.05) is 18.2 Å². The van der Waals surface area contributed by atoms with Crippen molar-refractivity contribution < 1.29 is 0 Å². The van der Waals surface area contributed by atoms with Gasteiger partial charge in [-0.15, -0.1) is 0 Å². The first kappa shape index (κ1) is 12.7. The second-order valence-corrected chi connectivity index (χ2v) is 5.55. The predicted octanol–water partition coefficient (Wildman–Crippen LogP) is 3.45. The average molecular weight is 273 g/mol. The average Bonchev–Trinajstić information content (AvgIpc) is 2.84. The van der Waals surface area contributed by atoms with Crippen LogP contribution in [-0.2, 0) is 5.54 Å². The Balaban J connectivity index is 1.99. The van der Waals surface area contributed by atoms with Crippen LogP contribution >= 0.6 is 11.6 Å². The lowest BCUT2D eigenvalue weighted by Crippen LogP contribution is -2.38. The summed E-state index contributed by atoms with van der Waals surface area (Å²) in [6.07, 6.45) is 0. The van der Waals surface area contributed by atoms with Crippen LogP contribution in [0, 0.1) is 0 Å². The minimum absolute atomic E-state index is 0.102. The van der Waals surface area contributed by atoms with Gasteiger partial charge < -0.3 is 0 Å². The molecule has 0 aliphatic carbocycles. The van der Waals surface area contributed by atoms with E-state index in [1.165, 1.54) is 11.1 Å². The molecule has 0 bridgehead atoms. The van der Waals surface area contributed by atoms with Crippen molar-refractivity contribution >= 4 is 11.6 Å². The number of halogens is 1. The van der Waals surface area contributed by atoms with Crippen LogP contribution in [0.25, 0.3) is 0 Å². The zero-order valence-corrected chi connectivity index (χ0v) is 11.6. The fourth-order valence-corrected chi connectivity index (χ4v) is 2.93. The molecule has 3 heteroatoms. The van der Waals surface area contributed by atoms with Crippen LogP contribution in [0.3, 0.4) is 0 Å². The maximum atomic E-state index is 5.97. The third-order valence-electron chi connectivity index (χ3n) is 3.92. The van der Waals surface area contributed by atoms with Gasteiger partial charge in [-0.3, -0.25) is 10.6 Å². The molecule has 0 saturated carbocycles. The van der Waals surface area contributed by atoms with Crippen LogP contribution in [0.1, 0.15) is 24.1 Å². The van der Waals surface area contributed by atoms with Gasteiger partial charge in [0, 0.05) is 11.7 Å². The molecule has 1 aliphatic rings. The molecule has 2 aromatic carbocycles. The van der Waals surface area contributed by atoms with Crippen molar-refractivity contribution in [2.75, 3.05) is 6.67 Å². The summed E-state index contributed by atoms with van der Waals surface area (Å²) >= 11 is 5.97. The highest BCUT2D eigenvalue weighted by Gasteiger charge is 2.40. The first-order valence-corrected chi connectivity index (χ1v) is 6.87. The van der Waals surface area contributed by atoms with Crippen LogP contribution in [0.15, 0.2) is 54.6 Å². The van der Waals surface area contributed by atoms with Crippen molar-refractivity contribution in [2.45, 2.75) is 18.5 Å². The maximum absolute atomic E-state index is 5.97. The summed E-state index contributed by atoms with van der Waals surface area (Å²) in [5.41, 5.74) is 2.44. The number of hydrogen-bond acceptors (Lipinski definition) is 2. The molecule has 1 heterocycles. The van der Waals surface area contributed by atoms with Crippen molar-refractivity contribution in [3.63, 3.8) is 0 Å². The van der Waals surface area contributed by atoms with E-state index in [2.05, 4.69) is 54.0 Å².